The van der Waals surface area contributed by atoms with Crippen LogP contribution in [0.4, 0.5) is 0 Å². The molecule has 0 saturated heterocycles. The predicted octanol–water partition coefficient (Wildman–Crippen LogP) is 0.885. The third-order valence-corrected chi connectivity index (χ3v) is 3.17. The molecule has 0 aliphatic carbocycles. The molecular weight excluding hydrogens is 226 g/mol. The molecule has 0 radical (unpaired) electrons. The van der Waals surface area contributed by atoms with Gasteiger partial charge in [-0.3, -0.25) is 0 Å². The maximum Gasteiger partial charge on any atom is 0.354 e. The van der Waals surface area contributed by atoms with E-state index in [-0.39, 0.29) is 5.69 Å². The lowest BCUT2D eigenvalue weighted by molar-refractivity contribution is 0.0686. The number of carbonyl (C=O) groups is 1. The van der Waals surface area contributed by atoms with Gasteiger partial charge in [-0.05, 0) is 19.7 Å². The predicted molar refractivity (Wildman–Crippen MR) is 60.8 cm³/mol. The average molecular weight is 239 g/mol. The van der Waals surface area contributed by atoms with Gasteiger partial charge in [0.25, 0.3) is 0 Å². The highest BCUT2D eigenvalue weighted by atomic mass is 32.2. The maximum atomic E-state index is 11.1. The first-order chi connectivity index (χ1) is 7.61. The molecule has 1 aromatic heterocycles. The Morgan fingerprint density at radius 1 is 1.50 bits per heavy atom. The first kappa shape index (κ1) is 11.3. The van der Waals surface area contributed by atoms with Crippen LogP contribution >= 0.6 is 11.8 Å². The molecule has 0 atom stereocenters. The fourth-order valence-corrected chi connectivity index (χ4v) is 2.19. The highest BCUT2D eigenvalue weighted by molar-refractivity contribution is 7.98. The Morgan fingerprint density at radius 3 is 2.88 bits per heavy atom. The molecule has 16 heavy (non-hydrogen) atoms. The number of nitrogens with zero attached hydrogens (tertiary/aromatic N) is 3. The summed E-state index contributed by atoms with van der Waals surface area (Å²) in [5.41, 5.74) is 1.82. The number of thioether (sulfide) groups is 1. The van der Waals surface area contributed by atoms with Crippen LogP contribution in [0.2, 0.25) is 0 Å². The zero-order valence-corrected chi connectivity index (χ0v) is 10.0. The number of hydrogen-bond acceptors (Lipinski definition) is 5. The van der Waals surface area contributed by atoms with E-state index in [1.165, 1.54) is 11.8 Å². The van der Waals surface area contributed by atoms with Crippen molar-refractivity contribution >= 4 is 17.7 Å². The molecule has 6 heteroatoms. The first-order valence-corrected chi connectivity index (χ1v) is 6.20. The van der Waals surface area contributed by atoms with Crippen molar-refractivity contribution < 1.29 is 9.90 Å². The molecule has 86 valence electrons. The van der Waals surface area contributed by atoms with Crippen molar-refractivity contribution in [1.82, 2.24) is 14.9 Å². The molecule has 0 spiro atoms. The molecular formula is C10H13N3O2S. The lowest BCUT2D eigenvalue weighted by atomic mass is 10.0. The summed E-state index contributed by atoms with van der Waals surface area (Å²) in [5, 5.41) is 9.65. The van der Waals surface area contributed by atoms with Crippen molar-refractivity contribution in [2.24, 2.45) is 0 Å². The molecule has 0 amide bonds. The van der Waals surface area contributed by atoms with Gasteiger partial charge in [-0.15, -0.1) is 0 Å². The Bertz CT molecular complexity index is 436. The number of aromatic carboxylic acids is 1. The van der Waals surface area contributed by atoms with Crippen LogP contribution < -0.4 is 0 Å². The van der Waals surface area contributed by atoms with Crippen LogP contribution in [0.5, 0.6) is 0 Å². The highest BCUT2D eigenvalue weighted by Crippen LogP contribution is 2.22. The van der Waals surface area contributed by atoms with Crippen LogP contribution in [0.3, 0.4) is 0 Å². The summed E-state index contributed by atoms with van der Waals surface area (Å²) in [7, 11) is 2.00. The number of rotatable bonds is 2. The van der Waals surface area contributed by atoms with Gasteiger partial charge in [-0.2, -0.15) is 0 Å². The summed E-state index contributed by atoms with van der Waals surface area (Å²) >= 11 is 1.37. The van der Waals surface area contributed by atoms with Gasteiger partial charge in [0.2, 0.25) is 0 Å². The number of aromatic nitrogens is 2. The highest BCUT2D eigenvalue weighted by Gasteiger charge is 2.23. The number of fused-ring (bicyclic) bond motifs is 1. The van der Waals surface area contributed by atoms with E-state index in [4.69, 9.17) is 5.11 Å². The second-order valence-electron chi connectivity index (χ2n) is 3.78. The molecule has 0 fully saturated rings. The Morgan fingerprint density at radius 2 is 2.25 bits per heavy atom. The molecule has 2 rings (SSSR count). The molecule has 1 aliphatic rings. The number of carboxylic acids is 1. The molecule has 5 nitrogen and oxygen atoms in total. The third-order valence-electron chi connectivity index (χ3n) is 2.62. The van der Waals surface area contributed by atoms with Gasteiger partial charge in [0, 0.05) is 18.7 Å². The van der Waals surface area contributed by atoms with Crippen molar-refractivity contribution in [2.75, 3.05) is 19.8 Å². The van der Waals surface area contributed by atoms with Crippen LogP contribution in [0, 0.1) is 0 Å². The smallest absolute Gasteiger partial charge is 0.354 e. The Hall–Kier alpha value is -1.14. The summed E-state index contributed by atoms with van der Waals surface area (Å²) < 4.78 is 0. The topological polar surface area (TPSA) is 66.3 Å². The second-order valence-corrected chi connectivity index (χ2v) is 4.55. The van der Waals surface area contributed by atoms with Gasteiger partial charge in [-0.1, -0.05) is 11.8 Å². The van der Waals surface area contributed by atoms with E-state index in [0.717, 1.165) is 17.8 Å². The van der Waals surface area contributed by atoms with Gasteiger partial charge in [0.1, 0.15) is 0 Å². The Labute approximate surface area is 97.9 Å². The summed E-state index contributed by atoms with van der Waals surface area (Å²) in [6.07, 6.45) is 2.56. The van der Waals surface area contributed by atoms with E-state index in [0.29, 0.717) is 18.1 Å². The van der Waals surface area contributed by atoms with Gasteiger partial charge >= 0.3 is 5.97 Å². The molecule has 0 unspecified atom stereocenters. The van der Waals surface area contributed by atoms with E-state index < -0.39 is 5.97 Å². The fourth-order valence-electron chi connectivity index (χ4n) is 1.81. The lowest BCUT2D eigenvalue weighted by Crippen LogP contribution is -2.29. The van der Waals surface area contributed by atoms with Crippen molar-refractivity contribution in [1.29, 1.82) is 0 Å². The molecule has 1 N–H and O–H groups in total. The monoisotopic (exact) mass is 239 g/mol. The van der Waals surface area contributed by atoms with Crippen molar-refractivity contribution in [3.05, 3.63) is 17.0 Å². The maximum absolute atomic E-state index is 11.1. The summed E-state index contributed by atoms with van der Waals surface area (Å²) in [6.45, 7) is 1.56. The van der Waals surface area contributed by atoms with Crippen LogP contribution in [-0.2, 0) is 13.0 Å². The van der Waals surface area contributed by atoms with E-state index in [9.17, 15) is 4.79 Å². The SMILES string of the molecule is CSc1nc2c(c(C(=O)O)n1)CCN(C)C2. The van der Waals surface area contributed by atoms with Crippen molar-refractivity contribution in [2.45, 2.75) is 18.1 Å². The van der Waals surface area contributed by atoms with Crippen LogP contribution in [0.1, 0.15) is 21.7 Å². The van der Waals surface area contributed by atoms with E-state index in [1.54, 1.807) is 0 Å². The quantitative estimate of drug-likeness (QED) is 0.610. The van der Waals surface area contributed by atoms with E-state index in [1.807, 2.05) is 13.3 Å². The minimum atomic E-state index is -0.960. The zero-order valence-electron chi connectivity index (χ0n) is 9.23. The average Bonchev–Trinajstić information content (AvgIpc) is 2.26. The molecule has 0 bridgehead atoms. The zero-order chi connectivity index (χ0) is 11.7. The van der Waals surface area contributed by atoms with Crippen LogP contribution in [0.15, 0.2) is 5.16 Å². The number of likely N-dealkylation sites (N-methyl/N-ethyl adjacent to an activating group) is 1. The van der Waals surface area contributed by atoms with Gasteiger partial charge in [-0.25, -0.2) is 14.8 Å². The van der Waals surface area contributed by atoms with Crippen molar-refractivity contribution in [3.8, 4) is 0 Å². The minimum absolute atomic E-state index is 0.169. The van der Waals surface area contributed by atoms with Gasteiger partial charge in [0.15, 0.2) is 10.9 Å². The number of carboxylic acid groups (broad SMARTS) is 1. The third kappa shape index (κ3) is 2.03. The van der Waals surface area contributed by atoms with Crippen LogP contribution in [-0.4, -0.2) is 45.8 Å². The summed E-state index contributed by atoms with van der Waals surface area (Å²) in [5.74, 6) is -0.960. The Kier molecular flexibility index (Phi) is 3.11. The summed E-state index contributed by atoms with van der Waals surface area (Å²) in [4.78, 5) is 21.7. The first-order valence-electron chi connectivity index (χ1n) is 4.97. The lowest BCUT2D eigenvalue weighted by Gasteiger charge is -2.24. The van der Waals surface area contributed by atoms with E-state index >= 15 is 0 Å². The molecule has 1 aliphatic heterocycles. The largest absolute Gasteiger partial charge is 0.476 e. The second kappa shape index (κ2) is 4.39. The summed E-state index contributed by atoms with van der Waals surface area (Å²) in [6, 6.07) is 0. The molecule has 2 heterocycles. The van der Waals surface area contributed by atoms with Gasteiger partial charge < -0.3 is 10.0 Å². The van der Waals surface area contributed by atoms with E-state index in [2.05, 4.69) is 14.9 Å². The molecule has 0 aromatic carbocycles. The van der Waals surface area contributed by atoms with Crippen LogP contribution in [0.25, 0.3) is 0 Å². The fraction of sp³-hybridized carbons (Fsp3) is 0.500. The minimum Gasteiger partial charge on any atom is -0.476 e. The van der Waals surface area contributed by atoms with Gasteiger partial charge in [0.05, 0.1) is 5.69 Å². The normalized spacial score (nSPS) is 15.9. The molecule has 1 aromatic rings. The standard InChI is InChI=1S/C10H13N3O2S/c1-13-4-3-6-7(5-13)11-10(16-2)12-8(6)9(14)15/h3-5H2,1-2H3,(H,14,15). The van der Waals surface area contributed by atoms with Crippen molar-refractivity contribution in [3.63, 3.8) is 0 Å². The molecule has 0 saturated carbocycles. The Balaban J connectivity index is 2.53. The number of hydrogen-bond donors (Lipinski definition) is 1.